The predicted octanol–water partition coefficient (Wildman–Crippen LogP) is 4.26. The number of hydrogen-bond acceptors (Lipinski definition) is 1. The Morgan fingerprint density at radius 1 is 1.25 bits per heavy atom. The maximum absolute atomic E-state index is 5.71. The van der Waals surface area contributed by atoms with Crippen molar-refractivity contribution in [2.45, 2.75) is 65.8 Å². The smallest absolute Gasteiger partial charge is 0.0815 e. The van der Waals surface area contributed by atoms with Crippen LogP contribution in [0, 0.1) is 11.8 Å². The minimum Gasteiger partial charge on any atom is -0.363 e. The lowest BCUT2D eigenvalue weighted by Crippen LogP contribution is -2.47. The van der Waals surface area contributed by atoms with Crippen LogP contribution in [0.5, 0.6) is 0 Å². The molecule has 0 saturated carbocycles. The van der Waals surface area contributed by atoms with Gasteiger partial charge in [0.05, 0.1) is 4.99 Å². The summed E-state index contributed by atoms with van der Waals surface area (Å²) >= 11 is 5.71. The Morgan fingerprint density at radius 3 is 2.38 bits per heavy atom. The topological polar surface area (TPSA) is 3.24 Å². The number of piperidine rings is 1. The van der Waals surface area contributed by atoms with E-state index in [0.717, 1.165) is 5.92 Å². The first kappa shape index (κ1) is 14.0. The van der Waals surface area contributed by atoms with E-state index in [4.69, 9.17) is 12.2 Å². The van der Waals surface area contributed by atoms with E-state index in [1.165, 1.54) is 43.6 Å². The summed E-state index contributed by atoms with van der Waals surface area (Å²) in [6.45, 7) is 10.3. The van der Waals surface area contributed by atoms with E-state index in [9.17, 15) is 0 Å². The van der Waals surface area contributed by atoms with Gasteiger partial charge in [0.2, 0.25) is 0 Å². The second-order valence-electron chi connectivity index (χ2n) is 5.36. The molecule has 0 aromatic heterocycles. The van der Waals surface area contributed by atoms with Crippen molar-refractivity contribution in [3.05, 3.63) is 0 Å². The van der Waals surface area contributed by atoms with E-state index in [2.05, 4.69) is 32.6 Å². The zero-order valence-corrected chi connectivity index (χ0v) is 12.1. The van der Waals surface area contributed by atoms with Crippen molar-refractivity contribution in [2.24, 2.45) is 11.8 Å². The van der Waals surface area contributed by atoms with Gasteiger partial charge in [0.25, 0.3) is 0 Å². The van der Waals surface area contributed by atoms with Gasteiger partial charge < -0.3 is 4.90 Å². The Labute approximate surface area is 107 Å². The maximum Gasteiger partial charge on any atom is 0.0815 e. The van der Waals surface area contributed by atoms with Gasteiger partial charge in [0.15, 0.2) is 0 Å². The molecule has 1 nitrogen and oxygen atoms in total. The molecule has 0 radical (unpaired) electrons. The largest absolute Gasteiger partial charge is 0.363 e. The molecule has 1 aliphatic heterocycles. The lowest BCUT2D eigenvalue weighted by Gasteiger charge is -2.42. The fraction of sp³-hybridized carbons (Fsp3) is 0.929. The average Bonchev–Trinajstić information content (AvgIpc) is 2.23. The SMILES string of the molecule is CCCC1CCN(C(C)C)C(=S)C1CCC. The van der Waals surface area contributed by atoms with Crippen LogP contribution in [0.25, 0.3) is 0 Å². The highest BCUT2D eigenvalue weighted by atomic mass is 32.1. The molecule has 0 N–H and O–H groups in total. The molecule has 1 aliphatic rings. The first-order valence-electron chi connectivity index (χ1n) is 6.92. The Hall–Kier alpha value is -0.110. The lowest BCUT2D eigenvalue weighted by molar-refractivity contribution is 0.215. The van der Waals surface area contributed by atoms with Gasteiger partial charge in [-0.05, 0) is 39.0 Å². The molecular weight excluding hydrogens is 214 g/mol. The first-order valence-corrected chi connectivity index (χ1v) is 7.33. The van der Waals surface area contributed by atoms with Crippen molar-refractivity contribution in [3.8, 4) is 0 Å². The Morgan fingerprint density at radius 2 is 1.88 bits per heavy atom. The Kier molecular flexibility index (Phi) is 5.74. The summed E-state index contributed by atoms with van der Waals surface area (Å²) < 4.78 is 0. The highest BCUT2D eigenvalue weighted by molar-refractivity contribution is 7.80. The van der Waals surface area contributed by atoms with Gasteiger partial charge in [-0.15, -0.1) is 0 Å². The van der Waals surface area contributed by atoms with Gasteiger partial charge in [-0.3, -0.25) is 0 Å². The third-order valence-corrected chi connectivity index (χ3v) is 4.33. The fourth-order valence-electron chi connectivity index (χ4n) is 2.93. The number of thiocarbonyl (C=S) groups is 1. The molecule has 0 aliphatic carbocycles. The average molecular weight is 241 g/mol. The van der Waals surface area contributed by atoms with Crippen molar-refractivity contribution in [2.75, 3.05) is 6.54 Å². The van der Waals surface area contributed by atoms with Crippen LogP contribution in [0.15, 0.2) is 0 Å². The minimum atomic E-state index is 0.578. The number of rotatable bonds is 5. The first-order chi connectivity index (χ1) is 7.61. The van der Waals surface area contributed by atoms with Crippen LogP contribution in [0.4, 0.5) is 0 Å². The van der Waals surface area contributed by atoms with Crippen LogP contribution < -0.4 is 0 Å². The molecule has 1 heterocycles. The van der Waals surface area contributed by atoms with Gasteiger partial charge in [-0.1, -0.05) is 38.9 Å². The van der Waals surface area contributed by atoms with Crippen molar-refractivity contribution in [1.82, 2.24) is 4.90 Å². The van der Waals surface area contributed by atoms with Gasteiger partial charge in [0.1, 0.15) is 0 Å². The second-order valence-corrected chi connectivity index (χ2v) is 5.78. The summed E-state index contributed by atoms with van der Waals surface area (Å²) in [5.74, 6) is 1.53. The van der Waals surface area contributed by atoms with Gasteiger partial charge in [-0.2, -0.15) is 0 Å². The second kappa shape index (κ2) is 6.58. The van der Waals surface area contributed by atoms with Crippen molar-refractivity contribution >= 4 is 17.2 Å². The van der Waals surface area contributed by atoms with Crippen LogP contribution in [-0.4, -0.2) is 22.5 Å². The molecule has 2 unspecified atom stereocenters. The molecule has 0 aromatic rings. The van der Waals surface area contributed by atoms with Gasteiger partial charge in [-0.25, -0.2) is 0 Å². The molecule has 0 amide bonds. The zero-order valence-electron chi connectivity index (χ0n) is 11.3. The summed E-state index contributed by atoms with van der Waals surface area (Å²) in [7, 11) is 0. The van der Waals surface area contributed by atoms with E-state index in [-0.39, 0.29) is 0 Å². The van der Waals surface area contributed by atoms with E-state index < -0.39 is 0 Å². The summed E-state index contributed by atoms with van der Waals surface area (Å²) in [4.78, 5) is 3.70. The zero-order chi connectivity index (χ0) is 12.1. The molecule has 16 heavy (non-hydrogen) atoms. The number of likely N-dealkylation sites (tertiary alicyclic amines) is 1. The standard InChI is InChI=1S/C14H27NS/c1-5-7-12-9-10-15(11(3)4)14(16)13(12)8-6-2/h11-13H,5-10H2,1-4H3. The minimum absolute atomic E-state index is 0.578. The van der Waals surface area contributed by atoms with Crippen LogP contribution in [0.1, 0.15) is 59.8 Å². The molecular formula is C14H27NS. The molecule has 0 aromatic carbocycles. The summed E-state index contributed by atoms with van der Waals surface area (Å²) in [6, 6.07) is 0.578. The van der Waals surface area contributed by atoms with Crippen molar-refractivity contribution < 1.29 is 0 Å². The van der Waals surface area contributed by atoms with Crippen LogP contribution in [0.2, 0.25) is 0 Å². The molecule has 2 atom stereocenters. The third-order valence-electron chi connectivity index (χ3n) is 3.79. The van der Waals surface area contributed by atoms with Crippen LogP contribution >= 0.6 is 12.2 Å². The third kappa shape index (κ3) is 3.19. The predicted molar refractivity (Wildman–Crippen MR) is 75.9 cm³/mol. The monoisotopic (exact) mass is 241 g/mol. The lowest BCUT2D eigenvalue weighted by atomic mass is 9.79. The molecule has 1 saturated heterocycles. The van der Waals surface area contributed by atoms with E-state index in [0.29, 0.717) is 12.0 Å². The Balaban J connectivity index is 2.70. The van der Waals surface area contributed by atoms with Gasteiger partial charge >= 0.3 is 0 Å². The van der Waals surface area contributed by atoms with E-state index in [1.54, 1.807) is 0 Å². The van der Waals surface area contributed by atoms with Crippen molar-refractivity contribution in [1.29, 1.82) is 0 Å². The number of hydrogen-bond donors (Lipinski definition) is 0. The number of nitrogens with zero attached hydrogens (tertiary/aromatic N) is 1. The van der Waals surface area contributed by atoms with E-state index >= 15 is 0 Å². The summed E-state index contributed by atoms with van der Waals surface area (Å²) in [6.07, 6.45) is 6.55. The molecule has 94 valence electrons. The molecule has 1 fully saturated rings. The van der Waals surface area contributed by atoms with Crippen molar-refractivity contribution in [3.63, 3.8) is 0 Å². The van der Waals surface area contributed by atoms with Crippen LogP contribution in [-0.2, 0) is 0 Å². The quantitative estimate of drug-likeness (QED) is 0.662. The maximum atomic E-state index is 5.71. The van der Waals surface area contributed by atoms with Gasteiger partial charge in [0, 0.05) is 18.5 Å². The Bertz CT molecular complexity index is 225. The summed E-state index contributed by atoms with van der Waals surface area (Å²) in [5.41, 5.74) is 0. The molecule has 0 spiro atoms. The molecule has 0 bridgehead atoms. The normalized spacial score (nSPS) is 26.6. The highest BCUT2D eigenvalue weighted by Gasteiger charge is 2.32. The highest BCUT2D eigenvalue weighted by Crippen LogP contribution is 2.33. The van der Waals surface area contributed by atoms with E-state index in [1.807, 2.05) is 0 Å². The van der Waals surface area contributed by atoms with Crippen LogP contribution in [0.3, 0.4) is 0 Å². The molecule has 2 heteroatoms. The fourth-order valence-corrected chi connectivity index (χ4v) is 3.54. The summed E-state index contributed by atoms with van der Waals surface area (Å²) in [5, 5.41) is 0. The molecule has 1 rings (SSSR count).